The van der Waals surface area contributed by atoms with Crippen molar-refractivity contribution >= 4 is 17.3 Å². The quantitative estimate of drug-likeness (QED) is 0.902. The van der Waals surface area contributed by atoms with Gasteiger partial charge >= 0.3 is 5.97 Å². The number of likely N-dealkylation sites (tertiary alicyclic amines) is 1. The molecule has 1 aliphatic heterocycles. The molecule has 0 spiro atoms. The van der Waals surface area contributed by atoms with Gasteiger partial charge in [-0.1, -0.05) is 20.3 Å². The lowest BCUT2D eigenvalue weighted by atomic mass is 10.1. The number of carboxylic acids is 1. The van der Waals surface area contributed by atoms with E-state index in [0.717, 1.165) is 36.8 Å². The highest BCUT2D eigenvalue weighted by Gasteiger charge is 2.20. The number of hydrogen-bond donors (Lipinski definition) is 1. The highest BCUT2D eigenvalue weighted by molar-refractivity contribution is 7.13. The second kappa shape index (κ2) is 6.48. The van der Waals surface area contributed by atoms with Crippen LogP contribution in [0.5, 0.6) is 0 Å². The molecule has 2 rings (SSSR count). The average molecular weight is 282 g/mol. The summed E-state index contributed by atoms with van der Waals surface area (Å²) in [5, 5.41) is 10.2. The van der Waals surface area contributed by atoms with E-state index in [1.54, 1.807) is 0 Å². The van der Waals surface area contributed by atoms with E-state index in [0.29, 0.717) is 10.8 Å². The van der Waals surface area contributed by atoms with E-state index in [-0.39, 0.29) is 0 Å². The molecule has 1 aromatic rings. The molecule has 1 fully saturated rings. The van der Waals surface area contributed by atoms with Gasteiger partial charge in [-0.2, -0.15) is 0 Å². The van der Waals surface area contributed by atoms with E-state index in [2.05, 4.69) is 23.7 Å². The molecule has 0 amide bonds. The molecule has 19 heavy (non-hydrogen) atoms. The molecular weight excluding hydrogens is 260 g/mol. The minimum atomic E-state index is -0.835. The van der Waals surface area contributed by atoms with Gasteiger partial charge in [0.25, 0.3) is 0 Å². The van der Waals surface area contributed by atoms with Crippen LogP contribution in [0, 0.1) is 5.92 Å². The monoisotopic (exact) mass is 282 g/mol. The molecule has 0 bridgehead atoms. The first-order valence-corrected chi connectivity index (χ1v) is 7.82. The van der Waals surface area contributed by atoms with E-state index < -0.39 is 5.97 Å². The zero-order valence-electron chi connectivity index (χ0n) is 11.7. The van der Waals surface area contributed by atoms with Gasteiger partial charge in [-0.15, -0.1) is 11.3 Å². The van der Waals surface area contributed by atoms with Gasteiger partial charge in [0.05, 0.1) is 12.2 Å². The van der Waals surface area contributed by atoms with Gasteiger partial charge in [0, 0.05) is 0 Å². The molecule has 0 aliphatic carbocycles. The molecule has 0 atom stereocenters. The van der Waals surface area contributed by atoms with Crippen LogP contribution in [0.25, 0.3) is 0 Å². The van der Waals surface area contributed by atoms with Crippen molar-refractivity contribution < 1.29 is 9.90 Å². The van der Waals surface area contributed by atoms with Gasteiger partial charge in [0.1, 0.15) is 9.88 Å². The molecule has 4 nitrogen and oxygen atoms in total. The molecule has 106 valence electrons. The van der Waals surface area contributed by atoms with Crippen LogP contribution >= 0.6 is 11.3 Å². The van der Waals surface area contributed by atoms with Gasteiger partial charge < -0.3 is 5.11 Å². The van der Waals surface area contributed by atoms with Crippen molar-refractivity contribution in [2.24, 2.45) is 5.92 Å². The molecule has 1 saturated heterocycles. The number of carbonyl (C=O) groups is 1. The Balaban J connectivity index is 2.10. The molecule has 1 aliphatic rings. The number of aromatic carboxylic acids is 1. The van der Waals surface area contributed by atoms with E-state index in [1.165, 1.54) is 30.6 Å². The van der Waals surface area contributed by atoms with Crippen molar-refractivity contribution in [1.82, 2.24) is 9.88 Å². The Morgan fingerprint density at radius 1 is 1.37 bits per heavy atom. The van der Waals surface area contributed by atoms with Gasteiger partial charge in [-0.25, -0.2) is 9.78 Å². The first-order valence-electron chi connectivity index (χ1n) is 7.00. The summed E-state index contributed by atoms with van der Waals surface area (Å²) in [5.41, 5.74) is 0.763. The van der Waals surface area contributed by atoms with E-state index in [4.69, 9.17) is 0 Å². The Bertz CT molecular complexity index is 437. The fourth-order valence-corrected chi connectivity index (χ4v) is 3.44. The average Bonchev–Trinajstić information content (AvgIpc) is 2.72. The Morgan fingerprint density at radius 3 is 2.63 bits per heavy atom. The van der Waals surface area contributed by atoms with Crippen molar-refractivity contribution in [3.05, 3.63) is 15.6 Å². The molecule has 1 aromatic heterocycles. The maximum Gasteiger partial charge on any atom is 0.347 e. The minimum Gasteiger partial charge on any atom is -0.477 e. The van der Waals surface area contributed by atoms with Crippen LogP contribution in [0.2, 0.25) is 0 Å². The summed E-state index contributed by atoms with van der Waals surface area (Å²) >= 11 is 1.35. The van der Waals surface area contributed by atoms with Crippen LogP contribution in [-0.2, 0) is 13.0 Å². The Kier molecular flexibility index (Phi) is 4.93. The van der Waals surface area contributed by atoms with E-state index in [1.807, 2.05) is 0 Å². The smallest absolute Gasteiger partial charge is 0.347 e. The van der Waals surface area contributed by atoms with Crippen molar-refractivity contribution in [3.8, 4) is 0 Å². The third-order valence-electron chi connectivity index (χ3n) is 3.35. The summed E-state index contributed by atoms with van der Waals surface area (Å²) in [6.45, 7) is 7.22. The third-order valence-corrected chi connectivity index (χ3v) is 4.42. The molecule has 5 heteroatoms. The zero-order chi connectivity index (χ0) is 13.8. The van der Waals surface area contributed by atoms with Crippen molar-refractivity contribution in [1.29, 1.82) is 0 Å². The Morgan fingerprint density at radius 2 is 2.05 bits per heavy atom. The Hall–Kier alpha value is -0.940. The van der Waals surface area contributed by atoms with Crippen molar-refractivity contribution in [2.45, 2.75) is 46.1 Å². The summed E-state index contributed by atoms with van der Waals surface area (Å²) in [7, 11) is 0. The molecular formula is C14H22N2O2S. The highest BCUT2D eigenvalue weighted by atomic mass is 32.1. The standard InChI is InChI=1S/C14H22N2O2S/c1-10(2)8-11-13(14(17)18)19-12(15-11)9-16-6-4-3-5-7-16/h10H,3-9H2,1-2H3,(H,17,18). The number of thiazole rings is 1. The predicted octanol–water partition coefficient (Wildman–Crippen LogP) is 3.03. The summed E-state index contributed by atoms with van der Waals surface area (Å²) in [6, 6.07) is 0. The van der Waals surface area contributed by atoms with Crippen LogP contribution in [-0.4, -0.2) is 34.0 Å². The van der Waals surface area contributed by atoms with Gasteiger partial charge in [-0.3, -0.25) is 4.90 Å². The van der Waals surface area contributed by atoms with E-state index in [9.17, 15) is 9.90 Å². The van der Waals surface area contributed by atoms with Crippen molar-refractivity contribution in [2.75, 3.05) is 13.1 Å². The lowest BCUT2D eigenvalue weighted by Gasteiger charge is -2.25. The summed E-state index contributed by atoms with van der Waals surface area (Å²) in [6.07, 6.45) is 4.55. The van der Waals surface area contributed by atoms with Crippen LogP contribution in [0.15, 0.2) is 0 Å². The number of nitrogens with zero attached hydrogens (tertiary/aromatic N) is 2. The Labute approximate surface area is 118 Å². The number of rotatable bonds is 5. The molecule has 0 radical (unpaired) electrons. The van der Waals surface area contributed by atoms with Gasteiger partial charge in [0.15, 0.2) is 0 Å². The number of hydrogen-bond acceptors (Lipinski definition) is 4. The largest absolute Gasteiger partial charge is 0.477 e. The summed E-state index contributed by atoms with van der Waals surface area (Å²) in [4.78, 5) is 18.6. The van der Waals surface area contributed by atoms with Crippen LogP contribution < -0.4 is 0 Å². The van der Waals surface area contributed by atoms with Crippen LogP contribution in [0.4, 0.5) is 0 Å². The summed E-state index contributed by atoms with van der Waals surface area (Å²) in [5.74, 6) is -0.402. The topological polar surface area (TPSA) is 53.4 Å². The molecule has 0 aromatic carbocycles. The SMILES string of the molecule is CC(C)Cc1nc(CN2CCCCC2)sc1C(=O)O. The maximum absolute atomic E-state index is 11.3. The fraction of sp³-hybridized carbons (Fsp3) is 0.714. The fourth-order valence-electron chi connectivity index (χ4n) is 2.47. The van der Waals surface area contributed by atoms with Crippen LogP contribution in [0.3, 0.4) is 0 Å². The second-order valence-electron chi connectivity index (χ2n) is 5.62. The summed E-state index contributed by atoms with van der Waals surface area (Å²) < 4.78 is 0. The first-order chi connectivity index (χ1) is 9.06. The van der Waals surface area contributed by atoms with Gasteiger partial charge in [0.2, 0.25) is 0 Å². The zero-order valence-corrected chi connectivity index (χ0v) is 12.5. The first kappa shape index (κ1) is 14.5. The normalized spacial score (nSPS) is 17.0. The second-order valence-corrected chi connectivity index (χ2v) is 6.71. The molecule has 0 saturated carbocycles. The molecule has 2 heterocycles. The predicted molar refractivity (Wildman–Crippen MR) is 76.7 cm³/mol. The lowest BCUT2D eigenvalue weighted by Crippen LogP contribution is -2.29. The number of aromatic nitrogens is 1. The highest BCUT2D eigenvalue weighted by Crippen LogP contribution is 2.23. The van der Waals surface area contributed by atoms with Crippen LogP contribution in [0.1, 0.15) is 53.5 Å². The molecule has 0 unspecified atom stereocenters. The van der Waals surface area contributed by atoms with Crippen molar-refractivity contribution in [3.63, 3.8) is 0 Å². The number of piperidine rings is 1. The van der Waals surface area contributed by atoms with Gasteiger partial charge in [-0.05, 0) is 38.3 Å². The minimum absolute atomic E-state index is 0.431. The number of carboxylic acid groups (broad SMARTS) is 1. The third kappa shape index (κ3) is 4.01. The van der Waals surface area contributed by atoms with E-state index >= 15 is 0 Å². The molecule has 1 N–H and O–H groups in total. The maximum atomic E-state index is 11.3. The lowest BCUT2D eigenvalue weighted by molar-refractivity contribution is 0.0700.